The molecule has 0 spiro atoms. The van der Waals surface area contributed by atoms with E-state index >= 15 is 0 Å². The number of rotatable bonds is 3. The van der Waals surface area contributed by atoms with Gasteiger partial charge >= 0.3 is 5.69 Å². The van der Waals surface area contributed by atoms with Gasteiger partial charge in [0.15, 0.2) is 11.6 Å². The predicted octanol–water partition coefficient (Wildman–Crippen LogP) is 3.97. The summed E-state index contributed by atoms with van der Waals surface area (Å²) in [6.45, 7) is 1.70. The first-order valence-corrected chi connectivity index (χ1v) is 5.35. The fourth-order valence-corrected chi connectivity index (χ4v) is 1.52. The van der Waals surface area contributed by atoms with Crippen molar-refractivity contribution in [2.75, 3.05) is 0 Å². The Morgan fingerprint density at radius 1 is 1.11 bits per heavy atom. The molecule has 0 saturated heterocycles. The SMILES string of the molecule is Cc1ccc(Oc2ccc(F)c(F)c2)c([N+](=O)[O-])c1. The van der Waals surface area contributed by atoms with E-state index in [0.29, 0.717) is 5.56 Å². The molecule has 0 heterocycles. The standard InChI is InChI=1S/C13H9F2NO3/c1-8-2-5-13(12(6-8)16(17)18)19-9-3-4-10(14)11(15)7-9/h2-7H,1H3. The monoisotopic (exact) mass is 265 g/mol. The summed E-state index contributed by atoms with van der Waals surface area (Å²) in [6.07, 6.45) is 0. The Hall–Kier alpha value is -2.50. The molecule has 2 rings (SSSR count). The van der Waals surface area contributed by atoms with Crippen molar-refractivity contribution in [2.45, 2.75) is 6.92 Å². The van der Waals surface area contributed by atoms with Crippen LogP contribution in [0.1, 0.15) is 5.56 Å². The van der Waals surface area contributed by atoms with Crippen molar-refractivity contribution in [1.82, 2.24) is 0 Å². The first-order valence-electron chi connectivity index (χ1n) is 5.35. The fraction of sp³-hybridized carbons (Fsp3) is 0.0769. The fourth-order valence-electron chi connectivity index (χ4n) is 1.52. The number of nitro benzene ring substituents is 1. The number of hydrogen-bond donors (Lipinski definition) is 0. The summed E-state index contributed by atoms with van der Waals surface area (Å²) in [6, 6.07) is 7.30. The highest BCUT2D eigenvalue weighted by atomic mass is 19.2. The summed E-state index contributed by atoms with van der Waals surface area (Å²) in [5.41, 5.74) is 0.467. The molecule has 0 aliphatic carbocycles. The van der Waals surface area contributed by atoms with Crippen LogP contribution in [0.25, 0.3) is 0 Å². The molecule has 0 amide bonds. The Morgan fingerprint density at radius 3 is 2.47 bits per heavy atom. The van der Waals surface area contributed by atoms with Crippen molar-refractivity contribution in [3.8, 4) is 11.5 Å². The number of nitrogens with zero attached hydrogens (tertiary/aromatic N) is 1. The van der Waals surface area contributed by atoms with Crippen LogP contribution in [0.3, 0.4) is 0 Å². The van der Waals surface area contributed by atoms with Gasteiger partial charge in [0.25, 0.3) is 0 Å². The molecule has 98 valence electrons. The van der Waals surface area contributed by atoms with Crippen LogP contribution < -0.4 is 4.74 Å². The minimum Gasteiger partial charge on any atom is -0.450 e. The Labute approximate surface area is 107 Å². The van der Waals surface area contributed by atoms with Gasteiger partial charge in [-0.1, -0.05) is 6.07 Å². The maximum absolute atomic E-state index is 13.0. The average molecular weight is 265 g/mol. The lowest BCUT2D eigenvalue weighted by molar-refractivity contribution is -0.385. The van der Waals surface area contributed by atoms with Gasteiger partial charge in [-0.25, -0.2) is 8.78 Å². The molecule has 2 aromatic rings. The lowest BCUT2D eigenvalue weighted by Crippen LogP contribution is -1.95. The number of aryl methyl sites for hydroxylation is 1. The summed E-state index contributed by atoms with van der Waals surface area (Å²) < 4.78 is 31.0. The molecule has 0 aromatic heterocycles. The second-order valence-electron chi connectivity index (χ2n) is 3.91. The lowest BCUT2D eigenvalue weighted by Gasteiger charge is -2.07. The molecule has 0 radical (unpaired) electrons. The van der Waals surface area contributed by atoms with Crippen molar-refractivity contribution in [3.63, 3.8) is 0 Å². The molecule has 2 aromatic carbocycles. The molecule has 4 nitrogen and oxygen atoms in total. The summed E-state index contributed by atoms with van der Waals surface area (Å²) in [5.74, 6) is -2.12. The highest BCUT2D eigenvalue weighted by Crippen LogP contribution is 2.32. The molecule has 0 aliphatic rings. The molecule has 0 atom stereocenters. The third-order valence-corrected chi connectivity index (χ3v) is 2.43. The molecule has 0 aliphatic heterocycles. The van der Waals surface area contributed by atoms with E-state index < -0.39 is 16.6 Å². The van der Waals surface area contributed by atoms with Gasteiger partial charge in [-0.05, 0) is 30.7 Å². The summed E-state index contributed by atoms with van der Waals surface area (Å²) in [7, 11) is 0. The second-order valence-corrected chi connectivity index (χ2v) is 3.91. The van der Waals surface area contributed by atoms with Gasteiger partial charge in [0.05, 0.1) is 4.92 Å². The molecule has 6 heteroatoms. The van der Waals surface area contributed by atoms with Crippen LogP contribution in [0.4, 0.5) is 14.5 Å². The maximum atomic E-state index is 13.0. The molecule has 0 unspecified atom stereocenters. The second kappa shape index (κ2) is 5.01. The van der Waals surface area contributed by atoms with Crippen LogP contribution in [-0.4, -0.2) is 4.92 Å². The van der Waals surface area contributed by atoms with Crippen molar-refractivity contribution < 1.29 is 18.4 Å². The predicted molar refractivity (Wildman–Crippen MR) is 64.3 cm³/mol. The Morgan fingerprint density at radius 2 is 1.84 bits per heavy atom. The number of nitro groups is 1. The summed E-state index contributed by atoms with van der Waals surface area (Å²) in [5, 5.41) is 10.9. The molecule has 0 saturated carbocycles. The Bertz CT molecular complexity index is 644. The van der Waals surface area contributed by atoms with Gasteiger partial charge in [-0.3, -0.25) is 10.1 Å². The van der Waals surface area contributed by atoms with Crippen LogP contribution >= 0.6 is 0 Å². The first-order chi connectivity index (χ1) is 8.97. The highest BCUT2D eigenvalue weighted by Gasteiger charge is 2.16. The van der Waals surface area contributed by atoms with Gasteiger partial charge in [0.1, 0.15) is 5.75 Å². The third-order valence-electron chi connectivity index (χ3n) is 2.43. The topological polar surface area (TPSA) is 52.4 Å². The Balaban J connectivity index is 2.37. The number of hydrogen-bond acceptors (Lipinski definition) is 3. The summed E-state index contributed by atoms with van der Waals surface area (Å²) >= 11 is 0. The molecule has 0 bridgehead atoms. The minimum atomic E-state index is -1.08. The zero-order chi connectivity index (χ0) is 14.0. The van der Waals surface area contributed by atoms with Gasteiger partial charge in [0.2, 0.25) is 5.75 Å². The van der Waals surface area contributed by atoms with E-state index in [-0.39, 0.29) is 17.2 Å². The van der Waals surface area contributed by atoms with Crippen LogP contribution in [0, 0.1) is 28.7 Å². The van der Waals surface area contributed by atoms with E-state index in [4.69, 9.17) is 4.74 Å². The first kappa shape index (κ1) is 12.9. The van der Waals surface area contributed by atoms with E-state index in [1.54, 1.807) is 13.0 Å². The lowest BCUT2D eigenvalue weighted by atomic mass is 10.2. The van der Waals surface area contributed by atoms with Gasteiger partial charge in [0, 0.05) is 12.1 Å². The molecular formula is C13H9F2NO3. The van der Waals surface area contributed by atoms with Crippen molar-refractivity contribution in [3.05, 3.63) is 63.7 Å². The van der Waals surface area contributed by atoms with Crippen molar-refractivity contribution >= 4 is 5.69 Å². The van der Waals surface area contributed by atoms with Crippen LogP contribution in [0.15, 0.2) is 36.4 Å². The van der Waals surface area contributed by atoms with E-state index in [1.165, 1.54) is 18.2 Å². The quantitative estimate of drug-likeness (QED) is 0.623. The number of ether oxygens (including phenoxy) is 1. The molecular weight excluding hydrogens is 256 g/mol. The molecule has 0 N–H and O–H groups in total. The number of benzene rings is 2. The van der Waals surface area contributed by atoms with Crippen LogP contribution in [0.2, 0.25) is 0 Å². The smallest absolute Gasteiger partial charge is 0.311 e. The average Bonchev–Trinajstić information content (AvgIpc) is 2.36. The normalized spacial score (nSPS) is 10.3. The number of halogens is 2. The van der Waals surface area contributed by atoms with E-state index in [2.05, 4.69) is 0 Å². The van der Waals surface area contributed by atoms with Crippen molar-refractivity contribution in [1.29, 1.82) is 0 Å². The van der Waals surface area contributed by atoms with Crippen LogP contribution in [0.5, 0.6) is 11.5 Å². The third kappa shape index (κ3) is 2.85. The molecule has 19 heavy (non-hydrogen) atoms. The largest absolute Gasteiger partial charge is 0.450 e. The van der Waals surface area contributed by atoms with E-state index in [1.807, 2.05) is 0 Å². The molecule has 0 fully saturated rings. The summed E-state index contributed by atoms with van der Waals surface area (Å²) in [4.78, 5) is 10.3. The van der Waals surface area contributed by atoms with E-state index in [9.17, 15) is 18.9 Å². The minimum absolute atomic E-state index is 0.00847. The van der Waals surface area contributed by atoms with Gasteiger partial charge in [-0.2, -0.15) is 0 Å². The van der Waals surface area contributed by atoms with Crippen molar-refractivity contribution in [2.24, 2.45) is 0 Å². The van der Waals surface area contributed by atoms with Gasteiger partial charge < -0.3 is 4.74 Å². The van der Waals surface area contributed by atoms with Crippen LogP contribution in [-0.2, 0) is 0 Å². The zero-order valence-corrected chi connectivity index (χ0v) is 9.89. The van der Waals surface area contributed by atoms with Gasteiger partial charge in [-0.15, -0.1) is 0 Å². The maximum Gasteiger partial charge on any atom is 0.311 e. The zero-order valence-electron chi connectivity index (χ0n) is 9.89. The van der Waals surface area contributed by atoms with E-state index in [0.717, 1.165) is 12.1 Å². The Kier molecular flexibility index (Phi) is 3.41. The highest BCUT2D eigenvalue weighted by molar-refractivity contribution is 5.50.